The first-order valence-electron chi connectivity index (χ1n) is 10.7. The molecule has 1 amide bonds. The SMILES string of the molecule is CCN(Cc1ccccc1)C(=O)CNC(=NC)N1CCC(Oc2ccccc2)CC1. The summed E-state index contributed by atoms with van der Waals surface area (Å²) in [5, 5.41) is 3.25. The average Bonchev–Trinajstić information content (AvgIpc) is 2.80. The van der Waals surface area contributed by atoms with Crippen molar-refractivity contribution in [1.29, 1.82) is 0 Å². The molecule has 1 heterocycles. The van der Waals surface area contributed by atoms with Crippen LogP contribution in [0.15, 0.2) is 65.7 Å². The van der Waals surface area contributed by atoms with E-state index in [2.05, 4.69) is 15.2 Å². The molecule has 160 valence electrons. The largest absolute Gasteiger partial charge is 0.490 e. The number of hydrogen-bond acceptors (Lipinski definition) is 3. The van der Waals surface area contributed by atoms with Gasteiger partial charge < -0.3 is 19.9 Å². The van der Waals surface area contributed by atoms with Crippen LogP contribution in [0.3, 0.4) is 0 Å². The first-order chi connectivity index (χ1) is 14.7. The second-order valence-electron chi connectivity index (χ2n) is 7.41. The van der Waals surface area contributed by atoms with Crippen molar-refractivity contribution in [3.63, 3.8) is 0 Å². The van der Waals surface area contributed by atoms with Gasteiger partial charge in [-0.15, -0.1) is 0 Å². The molecule has 1 fully saturated rings. The van der Waals surface area contributed by atoms with Gasteiger partial charge in [0, 0.05) is 46.1 Å². The van der Waals surface area contributed by atoms with Crippen molar-refractivity contribution >= 4 is 11.9 Å². The molecule has 0 radical (unpaired) electrons. The molecule has 1 aliphatic heterocycles. The fourth-order valence-corrected chi connectivity index (χ4v) is 3.66. The van der Waals surface area contributed by atoms with E-state index < -0.39 is 0 Å². The molecule has 0 unspecified atom stereocenters. The van der Waals surface area contributed by atoms with Crippen molar-refractivity contribution in [1.82, 2.24) is 15.1 Å². The molecule has 6 heteroatoms. The van der Waals surface area contributed by atoms with Gasteiger partial charge in [0.25, 0.3) is 0 Å². The Morgan fingerprint density at radius 3 is 2.33 bits per heavy atom. The summed E-state index contributed by atoms with van der Waals surface area (Å²) < 4.78 is 6.07. The van der Waals surface area contributed by atoms with Gasteiger partial charge in [0.15, 0.2) is 5.96 Å². The van der Waals surface area contributed by atoms with Gasteiger partial charge in [0.1, 0.15) is 11.9 Å². The highest BCUT2D eigenvalue weighted by Gasteiger charge is 2.23. The van der Waals surface area contributed by atoms with E-state index in [1.54, 1.807) is 7.05 Å². The molecule has 0 spiro atoms. The van der Waals surface area contributed by atoms with Crippen molar-refractivity contribution in [3.05, 3.63) is 66.2 Å². The maximum absolute atomic E-state index is 12.7. The quantitative estimate of drug-likeness (QED) is 0.565. The van der Waals surface area contributed by atoms with Crippen LogP contribution in [0.2, 0.25) is 0 Å². The monoisotopic (exact) mass is 408 g/mol. The number of nitrogens with one attached hydrogen (secondary N) is 1. The van der Waals surface area contributed by atoms with Gasteiger partial charge in [-0.25, -0.2) is 0 Å². The summed E-state index contributed by atoms with van der Waals surface area (Å²) in [5.74, 6) is 1.77. The molecule has 3 rings (SSSR count). The number of hydrogen-bond donors (Lipinski definition) is 1. The number of amides is 1. The number of nitrogens with zero attached hydrogens (tertiary/aromatic N) is 3. The Balaban J connectivity index is 1.45. The highest BCUT2D eigenvalue weighted by molar-refractivity contribution is 5.86. The molecule has 0 atom stereocenters. The number of carbonyl (C=O) groups excluding carboxylic acids is 1. The number of para-hydroxylation sites is 1. The minimum atomic E-state index is 0.0739. The van der Waals surface area contributed by atoms with Gasteiger partial charge in [-0.3, -0.25) is 9.79 Å². The van der Waals surface area contributed by atoms with E-state index >= 15 is 0 Å². The van der Waals surface area contributed by atoms with Gasteiger partial charge in [0.05, 0.1) is 6.54 Å². The third kappa shape index (κ3) is 6.24. The van der Waals surface area contributed by atoms with Crippen molar-refractivity contribution in [2.45, 2.75) is 32.4 Å². The minimum absolute atomic E-state index is 0.0739. The Bertz CT molecular complexity index is 802. The summed E-state index contributed by atoms with van der Waals surface area (Å²) >= 11 is 0. The van der Waals surface area contributed by atoms with Crippen molar-refractivity contribution < 1.29 is 9.53 Å². The molecule has 30 heavy (non-hydrogen) atoms. The van der Waals surface area contributed by atoms with Crippen LogP contribution in [0.25, 0.3) is 0 Å². The second-order valence-corrected chi connectivity index (χ2v) is 7.41. The van der Waals surface area contributed by atoms with Gasteiger partial charge in [0.2, 0.25) is 5.91 Å². The van der Waals surface area contributed by atoms with Crippen LogP contribution in [-0.2, 0) is 11.3 Å². The van der Waals surface area contributed by atoms with Gasteiger partial charge in [-0.05, 0) is 24.6 Å². The summed E-state index contributed by atoms with van der Waals surface area (Å²) in [5.41, 5.74) is 1.14. The van der Waals surface area contributed by atoms with Crippen molar-refractivity contribution in [2.24, 2.45) is 4.99 Å². The number of piperidine rings is 1. The van der Waals surface area contributed by atoms with Crippen LogP contribution >= 0.6 is 0 Å². The number of rotatable bonds is 7. The van der Waals surface area contributed by atoms with E-state index in [0.29, 0.717) is 13.1 Å². The summed E-state index contributed by atoms with van der Waals surface area (Å²) in [7, 11) is 1.76. The first-order valence-corrected chi connectivity index (χ1v) is 10.7. The molecule has 0 aromatic heterocycles. The molecule has 6 nitrogen and oxygen atoms in total. The van der Waals surface area contributed by atoms with Crippen molar-refractivity contribution in [2.75, 3.05) is 33.2 Å². The summed E-state index contributed by atoms with van der Waals surface area (Å²) in [6.45, 7) is 5.26. The topological polar surface area (TPSA) is 57.2 Å². The first kappa shape index (κ1) is 21.7. The standard InChI is InChI=1S/C24H32N4O2/c1-3-27(19-20-10-6-4-7-11-20)23(29)18-26-24(25-2)28-16-14-22(15-17-28)30-21-12-8-5-9-13-21/h4-13,22H,3,14-19H2,1-2H3,(H,25,26). The molecule has 1 aliphatic rings. The lowest BCUT2D eigenvalue weighted by Crippen LogP contribution is -2.50. The van der Waals surface area contributed by atoms with Crippen LogP contribution < -0.4 is 10.1 Å². The van der Waals surface area contributed by atoms with Gasteiger partial charge >= 0.3 is 0 Å². The van der Waals surface area contributed by atoms with E-state index in [1.807, 2.05) is 72.5 Å². The van der Waals surface area contributed by atoms with E-state index in [1.165, 1.54) is 0 Å². The number of aliphatic imine (C=N–C) groups is 1. The fraction of sp³-hybridized carbons (Fsp3) is 0.417. The smallest absolute Gasteiger partial charge is 0.242 e. The Morgan fingerprint density at radius 1 is 1.10 bits per heavy atom. The van der Waals surface area contributed by atoms with Crippen LogP contribution in [-0.4, -0.2) is 61.0 Å². The fourth-order valence-electron chi connectivity index (χ4n) is 3.66. The second kappa shape index (κ2) is 11.2. The van der Waals surface area contributed by atoms with Gasteiger partial charge in [-0.1, -0.05) is 48.5 Å². The van der Waals surface area contributed by atoms with Crippen LogP contribution in [0.1, 0.15) is 25.3 Å². The van der Waals surface area contributed by atoms with Crippen LogP contribution in [0, 0.1) is 0 Å². The Kier molecular flexibility index (Phi) is 8.12. The van der Waals surface area contributed by atoms with E-state index in [0.717, 1.165) is 43.2 Å². The minimum Gasteiger partial charge on any atom is -0.490 e. The molecule has 0 bridgehead atoms. The number of carbonyl (C=O) groups is 1. The Morgan fingerprint density at radius 2 is 1.73 bits per heavy atom. The Labute approximate surface area is 179 Å². The highest BCUT2D eigenvalue weighted by atomic mass is 16.5. The lowest BCUT2D eigenvalue weighted by Gasteiger charge is -2.34. The van der Waals surface area contributed by atoms with E-state index in [-0.39, 0.29) is 18.6 Å². The molecule has 0 saturated carbocycles. The maximum atomic E-state index is 12.7. The molecule has 2 aromatic carbocycles. The molecule has 0 aliphatic carbocycles. The van der Waals surface area contributed by atoms with Crippen LogP contribution in [0.4, 0.5) is 0 Å². The zero-order valence-electron chi connectivity index (χ0n) is 18.0. The molecule has 2 aromatic rings. The molecule has 1 saturated heterocycles. The van der Waals surface area contributed by atoms with Crippen molar-refractivity contribution in [3.8, 4) is 5.75 Å². The molecular weight excluding hydrogens is 376 g/mol. The number of ether oxygens (including phenoxy) is 1. The third-order valence-corrected chi connectivity index (χ3v) is 5.35. The third-order valence-electron chi connectivity index (χ3n) is 5.35. The predicted molar refractivity (Wildman–Crippen MR) is 121 cm³/mol. The predicted octanol–water partition coefficient (Wildman–Crippen LogP) is 3.15. The zero-order chi connectivity index (χ0) is 21.2. The maximum Gasteiger partial charge on any atom is 0.242 e. The number of benzene rings is 2. The normalized spacial score (nSPS) is 15.0. The number of likely N-dealkylation sites (N-methyl/N-ethyl adjacent to an activating group) is 1. The summed E-state index contributed by atoms with van der Waals surface area (Å²) in [4.78, 5) is 21.1. The summed E-state index contributed by atoms with van der Waals surface area (Å²) in [6.07, 6.45) is 2.07. The zero-order valence-corrected chi connectivity index (χ0v) is 18.0. The van der Waals surface area contributed by atoms with Crippen LogP contribution in [0.5, 0.6) is 5.75 Å². The summed E-state index contributed by atoms with van der Waals surface area (Å²) in [6, 6.07) is 20.0. The Hall–Kier alpha value is -3.02. The molecular formula is C24H32N4O2. The lowest BCUT2D eigenvalue weighted by atomic mass is 10.1. The average molecular weight is 409 g/mol. The van der Waals surface area contributed by atoms with E-state index in [9.17, 15) is 4.79 Å². The number of likely N-dealkylation sites (tertiary alicyclic amines) is 1. The van der Waals surface area contributed by atoms with E-state index in [4.69, 9.17) is 4.74 Å². The number of guanidine groups is 1. The van der Waals surface area contributed by atoms with Gasteiger partial charge in [-0.2, -0.15) is 0 Å². The highest BCUT2D eigenvalue weighted by Crippen LogP contribution is 2.18. The molecule has 1 N–H and O–H groups in total. The lowest BCUT2D eigenvalue weighted by molar-refractivity contribution is -0.130.